The number of hydrogen-bond acceptors (Lipinski definition) is 1. The van der Waals surface area contributed by atoms with E-state index in [0.717, 1.165) is 0 Å². The van der Waals surface area contributed by atoms with Crippen molar-refractivity contribution in [2.45, 2.75) is 19.3 Å². The second-order valence-electron chi connectivity index (χ2n) is 2.36. The van der Waals surface area contributed by atoms with Crippen molar-refractivity contribution >= 4 is 23.1 Å². The van der Waals surface area contributed by atoms with Crippen LogP contribution in [0.1, 0.15) is 19.3 Å². The number of nitrogens with zero attached hydrogens (tertiary/aromatic N) is 1. The molecular formula is C6H13ClMgN+. The molecule has 0 radical (unpaired) electrons. The van der Waals surface area contributed by atoms with E-state index in [1.54, 1.807) is 0 Å². The van der Waals surface area contributed by atoms with Gasteiger partial charge in [0.15, 0.2) is 0 Å². The maximum absolute atomic E-state index is 2.39. The average molecular weight is 159 g/mol. The van der Waals surface area contributed by atoms with Gasteiger partial charge in [-0.15, -0.1) is 0 Å². The Morgan fingerprint density at radius 1 is 1.00 bits per heavy atom. The monoisotopic (exact) mass is 158 g/mol. The summed E-state index contributed by atoms with van der Waals surface area (Å²) in [5, 5.41) is 0. The van der Waals surface area contributed by atoms with Crippen LogP contribution in [0.3, 0.4) is 0 Å². The number of hydrogen-bond donors (Lipinski definition) is 0. The van der Waals surface area contributed by atoms with Gasteiger partial charge >= 0.3 is 23.1 Å². The Morgan fingerprint density at radius 2 is 1.44 bits per heavy atom. The Labute approximate surface area is 79.7 Å². The van der Waals surface area contributed by atoms with Crippen LogP contribution in [0.2, 0.25) is 0 Å². The second kappa shape index (κ2) is 7.13. The molecule has 0 saturated carbocycles. The molecule has 1 saturated heterocycles. The third-order valence-corrected chi connectivity index (χ3v) is 1.58. The zero-order valence-electron chi connectivity index (χ0n) is 6.07. The molecule has 0 aliphatic carbocycles. The van der Waals surface area contributed by atoms with Gasteiger partial charge in [-0.05, 0) is 33.0 Å². The van der Waals surface area contributed by atoms with E-state index in [0.29, 0.717) is 0 Å². The summed E-state index contributed by atoms with van der Waals surface area (Å²) < 4.78 is 0. The van der Waals surface area contributed by atoms with E-state index >= 15 is 0 Å². The molecule has 9 heavy (non-hydrogen) atoms. The molecule has 0 spiro atoms. The van der Waals surface area contributed by atoms with Gasteiger partial charge in [-0.2, -0.15) is 0 Å². The SMILES string of the molecule is CN1CCCCC1.[Cl-].[Mg+2]. The summed E-state index contributed by atoms with van der Waals surface area (Å²) in [6.45, 7) is 2.64. The Bertz CT molecular complexity index is 55.0. The summed E-state index contributed by atoms with van der Waals surface area (Å²) >= 11 is 0. The molecule has 1 heterocycles. The van der Waals surface area contributed by atoms with Gasteiger partial charge in [0.05, 0.1) is 0 Å². The number of piperidine rings is 1. The third kappa shape index (κ3) is 5.46. The van der Waals surface area contributed by atoms with Gasteiger partial charge in [0.2, 0.25) is 0 Å². The zero-order valence-corrected chi connectivity index (χ0v) is 8.24. The molecule has 0 aromatic heterocycles. The molecule has 3 heteroatoms. The summed E-state index contributed by atoms with van der Waals surface area (Å²) in [5.41, 5.74) is 0. The normalized spacial score (nSPS) is 19.7. The van der Waals surface area contributed by atoms with Crippen LogP contribution in [0.5, 0.6) is 0 Å². The van der Waals surface area contributed by atoms with E-state index < -0.39 is 0 Å². The first-order chi connectivity index (χ1) is 3.39. The largest absolute Gasteiger partial charge is 2.00 e. The molecule has 1 aliphatic heterocycles. The Morgan fingerprint density at radius 3 is 1.67 bits per heavy atom. The molecule has 50 valence electrons. The fraction of sp³-hybridized carbons (Fsp3) is 1.00. The van der Waals surface area contributed by atoms with Crippen LogP contribution in [0, 0.1) is 0 Å². The molecule has 1 fully saturated rings. The van der Waals surface area contributed by atoms with Gasteiger partial charge in [-0.3, -0.25) is 0 Å². The van der Waals surface area contributed by atoms with Crippen LogP contribution < -0.4 is 12.4 Å². The first-order valence-electron chi connectivity index (χ1n) is 3.08. The first-order valence-corrected chi connectivity index (χ1v) is 3.08. The van der Waals surface area contributed by atoms with Crippen molar-refractivity contribution in [1.29, 1.82) is 0 Å². The molecule has 1 nitrogen and oxygen atoms in total. The van der Waals surface area contributed by atoms with Crippen LogP contribution >= 0.6 is 0 Å². The summed E-state index contributed by atoms with van der Waals surface area (Å²) in [4.78, 5) is 2.39. The Balaban J connectivity index is 0. The second-order valence-corrected chi connectivity index (χ2v) is 2.36. The topological polar surface area (TPSA) is 3.24 Å². The van der Waals surface area contributed by atoms with E-state index in [1.165, 1.54) is 32.4 Å². The summed E-state index contributed by atoms with van der Waals surface area (Å²) in [7, 11) is 2.19. The predicted octanol–water partition coefficient (Wildman–Crippen LogP) is -2.27. The quantitative estimate of drug-likeness (QED) is 0.360. The molecular weight excluding hydrogens is 146 g/mol. The van der Waals surface area contributed by atoms with Crippen molar-refractivity contribution in [3.63, 3.8) is 0 Å². The fourth-order valence-corrected chi connectivity index (χ4v) is 1.05. The van der Waals surface area contributed by atoms with Gasteiger partial charge in [-0.1, -0.05) is 6.42 Å². The summed E-state index contributed by atoms with van der Waals surface area (Å²) in [5.74, 6) is 0. The molecule has 0 aromatic rings. The van der Waals surface area contributed by atoms with Crippen molar-refractivity contribution in [1.82, 2.24) is 4.90 Å². The number of likely N-dealkylation sites (tertiary alicyclic amines) is 1. The third-order valence-electron chi connectivity index (χ3n) is 1.58. The van der Waals surface area contributed by atoms with Crippen molar-refractivity contribution in [2.75, 3.05) is 20.1 Å². The van der Waals surface area contributed by atoms with Gasteiger partial charge in [0, 0.05) is 0 Å². The van der Waals surface area contributed by atoms with Crippen LogP contribution in [-0.4, -0.2) is 48.1 Å². The standard InChI is InChI=1S/C6H13N.ClH.Mg/c1-7-5-3-2-4-6-7;;/h2-6H2,1H3;1H;/q;;+2/p-1. The summed E-state index contributed by atoms with van der Waals surface area (Å²) in [6.07, 6.45) is 4.28. The molecule has 0 bridgehead atoms. The van der Waals surface area contributed by atoms with Crippen LogP contribution in [-0.2, 0) is 0 Å². The van der Waals surface area contributed by atoms with Crippen LogP contribution in [0.15, 0.2) is 0 Å². The van der Waals surface area contributed by atoms with Crippen molar-refractivity contribution in [3.05, 3.63) is 0 Å². The maximum Gasteiger partial charge on any atom is 2.00 e. The molecule has 1 aliphatic rings. The summed E-state index contributed by atoms with van der Waals surface area (Å²) in [6, 6.07) is 0. The minimum absolute atomic E-state index is 0. The smallest absolute Gasteiger partial charge is 1.00 e. The molecule has 0 N–H and O–H groups in total. The minimum Gasteiger partial charge on any atom is -1.00 e. The van der Waals surface area contributed by atoms with Gasteiger partial charge < -0.3 is 17.3 Å². The predicted molar refractivity (Wildman–Crippen MR) is 37.1 cm³/mol. The van der Waals surface area contributed by atoms with E-state index in [1.807, 2.05) is 0 Å². The van der Waals surface area contributed by atoms with E-state index in [2.05, 4.69) is 11.9 Å². The van der Waals surface area contributed by atoms with E-state index in [4.69, 9.17) is 0 Å². The fourth-order valence-electron chi connectivity index (χ4n) is 1.05. The molecule has 0 aromatic carbocycles. The first kappa shape index (κ1) is 12.7. The van der Waals surface area contributed by atoms with Gasteiger partial charge in [-0.25, -0.2) is 0 Å². The Hall–Kier alpha value is 1.02. The van der Waals surface area contributed by atoms with Crippen molar-refractivity contribution < 1.29 is 12.4 Å². The van der Waals surface area contributed by atoms with Gasteiger partial charge in [0.1, 0.15) is 0 Å². The molecule has 1 rings (SSSR count). The minimum atomic E-state index is 0. The maximum atomic E-state index is 2.39. The molecule has 0 atom stereocenters. The molecule has 0 unspecified atom stereocenters. The van der Waals surface area contributed by atoms with Crippen molar-refractivity contribution in [2.24, 2.45) is 0 Å². The number of halogens is 1. The van der Waals surface area contributed by atoms with Crippen molar-refractivity contribution in [3.8, 4) is 0 Å². The van der Waals surface area contributed by atoms with Crippen LogP contribution in [0.4, 0.5) is 0 Å². The van der Waals surface area contributed by atoms with Crippen LogP contribution in [0.25, 0.3) is 0 Å². The van der Waals surface area contributed by atoms with Gasteiger partial charge in [0.25, 0.3) is 0 Å². The van der Waals surface area contributed by atoms with E-state index in [-0.39, 0.29) is 35.5 Å². The zero-order chi connectivity index (χ0) is 5.11. The average Bonchev–Trinajstić information content (AvgIpc) is 1.69. The molecule has 0 amide bonds. The Kier molecular flexibility index (Phi) is 10.0. The van der Waals surface area contributed by atoms with E-state index in [9.17, 15) is 0 Å². The number of rotatable bonds is 0.